The van der Waals surface area contributed by atoms with Gasteiger partial charge in [-0.25, -0.2) is 4.98 Å². The van der Waals surface area contributed by atoms with Gasteiger partial charge in [-0.3, -0.25) is 4.98 Å². The molecule has 0 saturated carbocycles. The van der Waals surface area contributed by atoms with Crippen LogP contribution in [0.3, 0.4) is 0 Å². The lowest BCUT2D eigenvalue weighted by molar-refractivity contribution is 0.234. The summed E-state index contributed by atoms with van der Waals surface area (Å²) in [4.78, 5) is 8.26. The molecule has 0 unspecified atom stereocenters. The fraction of sp³-hybridized carbons (Fsp3) is 0.333. The van der Waals surface area contributed by atoms with Crippen LogP contribution in [-0.2, 0) is 6.42 Å². The maximum Gasteiger partial charge on any atom is 0.237 e. The van der Waals surface area contributed by atoms with Crippen LogP contribution in [0.15, 0.2) is 42.9 Å². The van der Waals surface area contributed by atoms with E-state index in [4.69, 9.17) is 4.74 Å². The summed E-state index contributed by atoms with van der Waals surface area (Å²) in [5, 5.41) is 3.36. The Labute approximate surface area is 113 Å². The Bertz CT molecular complexity index is 500. The Hall–Kier alpha value is -2.10. The first-order valence-electron chi connectivity index (χ1n) is 6.50. The minimum Gasteiger partial charge on any atom is -0.473 e. The quantitative estimate of drug-likeness (QED) is 0.864. The molecule has 0 aromatic carbocycles. The van der Waals surface area contributed by atoms with Crippen LogP contribution < -0.4 is 10.1 Å². The summed E-state index contributed by atoms with van der Waals surface area (Å²) in [7, 11) is 0. The van der Waals surface area contributed by atoms with Gasteiger partial charge in [0.25, 0.3) is 0 Å². The third-order valence-corrected chi connectivity index (χ3v) is 2.60. The molecule has 4 nitrogen and oxygen atoms in total. The summed E-state index contributed by atoms with van der Waals surface area (Å²) in [6, 6.07) is 7.94. The van der Waals surface area contributed by atoms with Gasteiger partial charge >= 0.3 is 0 Å². The number of rotatable bonds is 6. The minimum atomic E-state index is 0.121. The van der Waals surface area contributed by atoms with Crippen LogP contribution in [0, 0.1) is 0 Å². The van der Waals surface area contributed by atoms with E-state index >= 15 is 0 Å². The molecule has 2 aromatic rings. The van der Waals surface area contributed by atoms with E-state index in [0.29, 0.717) is 5.88 Å². The van der Waals surface area contributed by atoms with Crippen LogP contribution in [0.2, 0.25) is 0 Å². The maximum atomic E-state index is 5.66. The first-order valence-corrected chi connectivity index (χ1v) is 6.50. The number of nitrogens with one attached hydrogen (secondary N) is 1. The highest BCUT2D eigenvalue weighted by Gasteiger charge is 2.05. The number of pyridine rings is 2. The largest absolute Gasteiger partial charge is 0.473 e. The van der Waals surface area contributed by atoms with Gasteiger partial charge in [0.15, 0.2) is 0 Å². The van der Waals surface area contributed by atoms with Crippen molar-refractivity contribution in [2.75, 3.05) is 11.9 Å². The van der Waals surface area contributed by atoms with Crippen LogP contribution in [-0.4, -0.2) is 22.6 Å². The summed E-state index contributed by atoms with van der Waals surface area (Å²) >= 11 is 0. The van der Waals surface area contributed by atoms with Crippen molar-refractivity contribution in [3.05, 3.63) is 48.4 Å². The summed E-state index contributed by atoms with van der Waals surface area (Å²) in [6.07, 6.45) is 6.43. The van der Waals surface area contributed by atoms with Crippen LogP contribution in [0.4, 0.5) is 5.69 Å². The average molecular weight is 257 g/mol. The number of ether oxygens (including phenoxy) is 1. The molecular weight excluding hydrogens is 238 g/mol. The molecule has 0 atom stereocenters. The van der Waals surface area contributed by atoms with E-state index < -0.39 is 0 Å². The molecule has 0 aliphatic heterocycles. The molecule has 0 amide bonds. The third-order valence-electron chi connectivity index (χ3n) is 2.60. The number of nitrogens with zero attached hydrogens (tertiary/aromatic N) is 2. The van der Waals surface area contributed by atoms with Crippen molar-refractivity contribution < 1.29 is 4.74 Å². The topological polar surface area (TPSA) is 47.0 Å². The van der Waals surface area contributed by atoms with Gasteiger partial charge in [-0.15, -0.1) is 0 Å². The van der Waals surface area contributed by atoms with Gasteiger partial charge in [0, 0.05) is 25.1 Å². The average Bonchev–Trinajstić information content (AvgIpc) is 2.41. The van der Waals surface area contributed by atoms with Gasteiger partial charge in [0.1, 0.15) is 0 Å². The van der Waals surface area contributed by atoms with Crippen LogP contribution >= 0.6 is 0 Å². The molecule has 0 radical (unpaired) electrons. The zero-order chi connectivity index (χ0) is 13.5. The highest BCUT2D eigenvalue weighted by atomic mass is 16.5. The molecular formula is C15H19N3O. The van der Waals surface area contributed by atoms with Gasteiger partial charge in [-0.1, -0.05) is 0 Å². The molecule has 0 fully saturated rings. The van der Waals surface area contributed by atoms with E-state index in [1.54, 1.807) is 6.20 Å². The zero-order valence-electron chi connectivity index (χ0n) is 11.3. The van der Waals surface area contributed by atoms with Crippen molar-refractivity contribution in [3.8, 4) is 5.88 Å². The van der Waals surface area contributed by atoms with Crippen molar-refractivity contribution >= 4 is 5.69 Å². The monoisotopic (exact) mass is 257 g/mol. The Morgan fingerprint density at radius 1 is 1.16 bits per heavy atom. The van der Waals surface area contributed by atoms with Gasteiger partial charge in [0.2, 0.25) is 5.88 Å². The van der Waals surface area contributed by atoms with Crippen molar-refractivity contribution in [2.24, 2.45) is 0 Å². The van der Waals surface area contributed by atoms with E-state index in [0.717, 1.165) is 18.7 Å². The first kappa shape index (κ1) is 13.3. The Morgan fingerprint density at radius 2 is 1.95 bits per heavy atom. The lowest BCUT2D eigenvalue weighted by Crippen LogP contribution is -2.11. The predicted octanol–water partition coefficient (Wildman–Crippen LogP) is 2.92. The second-order valence-corrected chi connectivity index (χ2v) is 4.55. The molecule has 0 aliphatic rings. The van der Waals surface area contributed by atoms with Gasteiger partial charge in [-0.2, -0.15) is 0 Å². The molecule has 0 bridgehead atoms. The van der Waals surface area contributed by atoms with Crippen LogP contribution in [0.1, 0.15) is 19.4 Å². The Morgan fingerprint density at radius 3 is 2.68 bits per heavy atom. The molecule has 4 heteroatoms. The lowest BCUT2D eigenvalue weighted by atomic mass is 10.2. The molecule has 2 aromatic heterocycles. The molecule has 0 spiro atoms. The van der Waals surface area contributed by atoms with Crippen molar-refractivity contribution in [1.29, 1.82) is 0 Å². The molecule has 100 valence electrons. The Balaban J connectivity index is 1.92. The smallest absolute Gasteiger partial charge is 0.237 e. The van der Waals surface area contributed by atoms with E-state index in [1.165, 1.54) is 5.56 Å². The summed E-state index contributed by atoms with van der Waals surface area (Å²) in [5.41, 5.74) is 2.20. The Kier molecular flexibility index (Phi) is 4.72. The first-order chi connectivity index (χ1) is 9.25. The summed E-state index contributed by atoms with van der Waals surface area (Å²) in [6.45, 7) is 4.83. The van der Waals surface area contributed by atoms with Crippen molar-refractivity contribution in [1.82, 2.24) is 9.97 Å². The molecule has 0 aliphatic carbocycles. The molecule has 2 heterocycles. The lowest BCUT2D eigenvalue weighted by Gasteiger charge is -2.14. The van der Waals surface area contributed by atoms with Gasteiger partial charge in [0.05, 0.1) is 11.8 Å². The summed E-state index contributed by atoms with van der Waals surface area (Å²) < 4.78 is 5.66. The highest BCUT2D eigenvalue weighted by Crippen LogP contribution is 2.21. The highest BCUT2D eigenvalue weighted by molar-refractivity contribution is 5.52. The van der Waals surface area contributed by atoms with Gasteiger partial charge in [-0.05, 0) is 50.1 Å². The summed E-state index contributed by atoms with van der Waals surface area (Å²) in [5.74, 6) is 0.659. The normalized spacial score (nSPS) is 10.5. The van der Waals surface area contributed by atoms with Gasteiger partial charge < -0.3 is 10.1 Å². The minimum absolute atomic E-state index is 0.121. The number of anilines is 1. The maximum absolute atomic E-state index is 5.66. The second kappa shape index (κ2) is 6.73. The fourth-order valence-corrected chi connectivity index (χ4v) is 1.73. The second-order valence-electron chi connectivity index (χ2n) is 4.55. The van der Waals surface area contributed by atoms with Crippen molar-refractivity contribution in [3.63, 3.8) is 0 Å². The number of hydrogen-bond acceptors (Lipinski definition) is 4. The fourth-order valence-electron chi connectivity index (χ4n) is 1.73. The molecule has 19 heavy (non-hydrogen) atoms. The van der Waals surface area contributed by atoms with E-state index in [2.05, 4.69) is 15.3 Å². The van der Waals surface area contributed by atoms with Crippen LogP contribution in [0.25, 0.3) is 0 Å². The zero-order valence-corrected chi connectivity index (χ0v) is 11.3. The third kappa shape index (κ3) is 4.25. The number of aromatic nitrogens is 2. The molecule has 1 N–H and O–H groups in total. The number of hydrogen-bond donors (Lipinski definition) is 1. The van der Waals surface area contributed by atoms with E-state index in [1.807, 2.05) is 50.5 Å². The van der Waals surface area contributed by atoms with E-state index in [-0.39, 0.29) is 6.10 Å². The van der Waals surface area contributed by atoms with Crippen LogP contribution in [0.5, 0.6) is 5.88 Å². The molecule has 2 rings (SSSR count). The predicted molar refractivity (Wildman–Crippen MR) is 76.4 cm³/mol. The molecule has 0 saturated heterocycles. The van der Waals surface area contributed by atoms with E-state index in [9.17, 15) is 0 Å². The SMILES string of the molecule is CC(C)Oc1ncccc1NCCc1ccncc1. The van der Waals surface area contributed by atoms with Crippen molar-refractivity contribution in [2.45, 2.75) is 26.4 Å². The standard InChI is InChI=1S/C15H19N3O/c1-12(2)19-15-14(4-3-8-18-15)17-11-7-13-5-9-16-10-6-13/h3-6,8-10,12,17H,7,11H2,1-2H3.